The number of pyridine rings is 1. The van der Waals surface area contributed by atoms with Gasteiger partial charge in [0.2, 0.25) is 0 Å². The number of urea groups is 1. The number of nitriles is 1. The number of anilines is 1. The minimum absolute atomic E-state index is 0.313. The SMILES string of the molecule is N#Cc1cnccc1NC(=O)NCc1cccc(OCCN2CCOCC2)c1. The number of nitrogens with zero attached hydrogens (tertiary/aromatic N) is 3. The van der Waals surface area contributed by atoms with Crippen molar-refractivity contribution in [3.05, 3.63) is 53.9 Å². The Morgan fingerprint density at radius 1 is 1.32 bits per heavy atom. The lowest BCUT2D eigenvalue weighted by molar-refractivity contribution is 0.0322. The number of ether oxygens (including phenoxy) is 2. The highest BCUT2D eigenvalue weighted by molar-refractivity contribution is 5.90. The molecule has 1 aromatic heterocycles. The minimum Gasteiger partial charge on any atom is -0.492 e. The Morgan fingerprint density at radius 2 is 2.18 bits per heavy atom. The first-order chi connectivity index (χ1) is 13.7. The highest BCUT2D eigenvalue weighted by atomic mass is 16.5. The van der Waals surface area contributed by atoms with Gasteiger partial charge in [-0.1, -0.05) is 12.1 Å². The number of carbonyl (C=O) groups is 1. The van der Waals surface area contributed by atoms with Crippen LogP contribution in [0.25, 0.3) is 0 Å². The van der Waals surface area contributed by atoms with Crippen molar-refractivity contribution >= 4 is 11.7 Å². The first-order valence-corrected chi connectivity index (χ1v) is 9.15. The monoisotopic (exact) mass is 381 g/mol. The molecule has 2 aromatic rings. The van der Waals surface area contributed by atoms with E-state index in [1.54, 1.807) is 6.07 Å². The highest BCUT2D eigenvalue weighted by Crippen LogP contribution is 2.14. The van der Waals surface area contributed by atoms with E-state index in [1.165, 1.54) is 12.4 Å². The van der Waals surface area contributed by atoms with Gasteiger partial charge in [-0.3, -0.25) is 9.88 Å². The lowest BCUT2D eigenvalue weighted by Gasteiger charge is -2.26. The molecule has 1 fully saturated rings. The number of rotatable bonds is 7. The molecule has 1 saturated heterocycles. The second-order valence-corrected chi connectivity index (χ2v) is 6.29. The molecule has 2 N–H and O–H groups in total. The normalized spacial score (nSPS) is 14.1. The first-order valence-electron chi connectivity index (χ1n) is 9.15. The molecule has 0 unspecified atom stereocenters. The summed E-state index contributed by atoms with van der Waals surface area (Å²) in [4.78, 5) is 18.3. The summed E-state index contributed by atoms with van der Waals surface area (Å²) < 4.78 is 11.2. The Labute approximate surface area is 164 Å². The van der Waals surface area contributed by atoms with E-state index in [-0.39, 0.29) is 6.03 Å². The predicted octanol–water partition coefficient (Wildman–Crippen LogP) is 1.99. The summed E-state index contributed by atoms with van der Waals surface area (Å²) in [6, 6.07) is 10.8. The van der Waals surface area contributed by atoms with Gasteiger partial charge in [0, 0.05) is 38.6 Å². The lowest BCUT2D eigenvalue weighted by atomic mass is 10.2. The fourth-order valence-electron chi connectivity index (χ4n) is 2.80. The molecule has 28 heavy (non-hydrogen) atoms. The molecule has 2 amide bonds. The van der Waals surface area contributed by atoms with E-state index in [9.17, 15) is 4.79 Å². The van der Waals surface area contributed by atoms with Gasteiger partial charge in [0.25, 0.3) is 0 Å². The molecule has 3 rings (SSSR count). The fourth-order valence-corrected chi connectivity index (χ4v) is 2.80. The van der Waals surface area contributed by atoms with Crippen molar-refractivity contribution in [2.45, 2.75) is 6.54 Å². The van der Waals surface area contributed by atoms with E-state index in [2.05, 4.69) is 20.5 Å². The molecular weight excluding hydrogens is 358 g/mol. The van der Waals surface area contributed by atoms with Gasteiger partial charge in [0.1, 0.15) is 18.4 Å². The van der Waals surface area contributed by atoms with Crippen LogP contribution in [-0.2, 0) is 11.3 Å². The van der Waals surface area contributed by atoms with E-state index in [4.69, 9.17) is 14.7 Å². The molecule has 1 aromatic carbocycles. The van der Waals surface area contributed by atoms with Crippen molar-refractivity contribution < 1.29 is 14.3 Å². The molecule has 0 spiro atoms. The number of carbonyl (C=O) groups excluding carboxylic acids is 1. The largest absolute Gasteiger partial charge is 0.492 e. The van der Waals surface area contributed by atoms with E-state index >= 15 is 0 Å². The summed E-state index contributed by atoms with van der Waals surface area (Å²) in [5, 5.41) is 14.5. The van der Waals surface area contributed by atoms with Gasteiger partial charge in [-0.15, -0.1) is 0 Å². The fraction of sp³-hybridized carbons (Fsp3) is 0.350. The van der Waals surface area contributed by atoms with Crippen molar-refractivity contribution in [3.8, 4) is 11.8 Å². The summed E-state index contributed by atoms with van der Waals surface area (Å²) in [6.07, 6.45) is 2.93. The zero-order valence-electron chi connectivity index (χ0n) is 15.6. The average Bonchev–Trinajstić information content (AvgIpc) is 2.74. The van der Waals surface area contributed by atoms with Gasteiger partial charge < -0.3 is 20.1 Å². The lowest BCUT2D eigenvalue weighted by Crippen LogP contribution is -2.38. The molecule has 8 heteroatoms. The van der Waals surface area contributed by atoms with E-state index in [1.807, 2.05) is 30.3 Å². The van der Waals surface area contributed by atoms with Gasteiger partial charge in [0.05, 0.1) is 24.5 Å². The van der Waals surface area contributed by atoms with Crippen LogP contribution in [0.5, 0.6) is 5.75 Å². The van der Waals surface area contributed by atoms with Gasteiger partial charge in [0.15, 0.2) is 0 Å². The number of amides is 2. The summed E-state index contributed by atoms with van der Waals surface area (Å²) >= 11 is 0. The molecule has 0 radical (unpaired) electrons. The average molecular weight is 381 g/mol. The van der Waals surface area contributed by atoms with E-state index in [0.29, 0.717) is 24.4 Å². The quantitative estimate of drug-likeness (QED) is 0.761. The molecule has 8 nitrogen and oxygen atoms in total. The second-order valence-electron chi connectivity index (χ2n) is 6.29. The molecule has 0 saturated carbocycles. The Kier molecular flexibility index (Phi) is 7.18. The number of morpholine rings is 1. The Morgan fingerprint density at radius 3 is 3.00 bits per heavy atom. The predicted molar refractivity (Wildman–Crippen MR) is 104 cm³/mol. The van der Waals surface area contributed by atoms with Gasteiger partial charge in [-0.25, -0.2) is 4.79 Å². The zero-order chi connectivity index (χ0) is 19.6. The number of hydrogen-bond donors (Lipinski definition) is 2. The Bertz CT molecular complexity index is 831. The second kappa shape index (κ2) is 10.3. The van der Waals surface area contributed by atoms with Crippen molar-refractivity contribution in [1.82, 2.24) is 15.2 Å². The first kappa shape index (κ1) is 19.6. The maximum absolute atomic E-state index is 12.1. The minimum atomic E-state index is -0.388. The van der Waals surface area contributed by atoms with Crippen molar-refractivity contribution in [2.75, 3.05) is 44.8 Å². The van der Waals surface area contributed by atoms with Crippen LogP contribution in [0.3, 0.4) is 0 Å². The summed E-state index contributed by atoms with van der Waals surface area (Å²) in [5.74, 6) is 0.772. The van der Waals surface area contributed by atoms with Gasteiger partial charge in [-0.05, 0) is 23.8 Å². The van der Waals surface area contributed by atoms with Crippen LogP contribution in [0.15, 0.2) is 42.7 Å². The van der Waals surface area contributed by atoms with Gasteiger partial charge in [-0.2, -0.15) is 5.26 Å². The van der Waals surface area contributed by atoms with Crippen LogP contribution in [0.1, 0.15) is 11.1 Å². The van der Waals surface area contributed by atoms with Crippen LogP contribution in [0, 0.1) is 11.3 Å². The third kappa shape index (κ3) is 5.94. The smallest absolute Gasteiger partial charge is 0.319 e. The van der Waals surface area contributed by atoms with Crippen LogP contribution in [0.4, 0.5) is 10.5 Å². The number of nitrogens with one attached hydrogen (secondary N) is 2. The van der Waals surface area contributed by atoms with Crippen molar-refractivity contribution in [3.63, 3.8) is 0 Å². The number of hydrogen-bond acceptors (Lipinski definition) is 6. The van der Waals surface area contributed by atoms with Crippen LogP contribution in [-0.4, -0.2) is 55.4 Å². The molecule has 2 heterocycles. The summed E-state index contributed by atoms with van der Waals surface area (Å²) in [6.45, 7) is 5.25. The van der Waals surface area contributed by atoms with Crippen LogP contribution in [0.2, 0.25) is 0 Å². The van der Waals surface area contributed by atoms with Crippen molar-refractivity contribution in [1.29, 1.82) is 5.26 Å². The maximum atomic E-state index is 12.1. The number of aromatic nitrogens is 1. The van der Waals surface area contributed by atoms with Crippen LogP contribution < -0.4 is 15.4 Å². The molecule has 1 aliphatic rings. The third-order valence-corrected chi connectivity index (χ3v) is 4.32. The number of benzene rings is 1. The van der Waals surface area contributed by atoms with E-state index < -0.39 is 0 Å². The van der Waals surface area contributed by atoms with Crippen LogP contribution >= 0.6 is 0 Å². The Balaban J connectivity index is 1.45. The molecule has 0 bridgehead atoms. The molecular formula is C20H23N5O3. The van der Waals surface area contributed by atoms with Crippen molar-refractivity contribution in [2.24, 2.45) is 0 Å². The molecule has 146 valence electrons. The van der Waals surface area contributed by atoms with Gasteiger partial charge >= 0.3 is 6.03 Å². The molecule has 1 aliphatic heterocycles. The summed E-state index contributed by atoms with van der Waals surface area (Å²) in [7, 11) is 0. The molecule has 0 atom stereocenters. The zero-order valence-corrected chi connectivity index (χ0v) is 15.6. The standard InChI is InChI=1S/C20H23N5O3/c21-13-17-15-22-5-4-19(17)24-20(26)23-14-16-2-1-3-18(12-16)28-11-8-25-6-9-27-10-7-25/h1-5,12,15H,6-11,14H2,(H2,22,23,24,26). The Hall–Kier alpha value is -3.15. The van der Waals surface area contributed by atoms with E-state index in [0.717, 1.165) is 44.2 Å². The topological polar surface area (TPSA) is 99.5 Å². The molecule has 0 aliphatic carbocycles. The summed E-state index contributed by atoms with van der Waals surface area (Å²) in [5.41, 5.74) is 1.66. The third-order valence-electron chi connectivity index (χ3n) is 4.32. The maximum Gasteiger partial charge on any atom is 0.319 e. The highest BCUT2D eigenvalue weighted by Gasteiger charge is 2.10.